The molecule has 0 atom stereocenters. The minimum atomic E-state index is -0.533. The van der Waals surface area contributed by atoms with Crippen LogP contribution in [0.15, 0.2) is 11.6 Å². The van der Waals surface area contributed by atoms with E-state index in [-0.39, 0.29) is 16.8 Å². The third-order valence-electron chi connectivity index (χ3n) is 2.34. The van der Waals surface area contributed by atoms with Gasteiger partial charge in [0.05, 0.1) is 22.2 Å². The van der Waals surface area contributed by atoms with Gasteiger partial charge in [-0.05, 0) is 18.5 Å². The van der Waals surface area contributed by atoms with Gasteiger partial charge >= 0.3 is 5.69 Å². The summed E-state index contributed by atoms with van der Waals surface area (Å²) in [4.78, 5) is 23.9. The Morgan fingerprint density at radius 1 is 1.53 bits per heavy atom. The second kappa shape index (κ2) is 5.45. The van der Waals surface area contributed by atoms with Crippen LogP contribution in [0.4, 0.5) is 11.5 Å². The van der Waals surface area contributed by atoms with Gasteiger partial charge in [0.15, 0.2) is 0 Å². The molecule has 0 saturated heterocycles. The number of nitrogens with zero attached hydrogens (tertiary/aromatic N) is 5. The van der Waals surface area contributed by atoms with Crippen LogP contribution in [0.5, 0.6) is 0 Å². The fraction of sp³-hybridized carbons (Fsp3) is 0.300. The summed E-state index contributed by atoms with van der Waals surface area (Å²) in [6, 6.07) is 0. The molecule has 19 heavy (non-hydrogen) atoms. The molecule has 0 radical (unpaired) electrons. The zero-order valence-corrected chi connectivity index (χ0v) is 11.8. The van der Waals surface area contributed by atoms with E-state index in [9.17, 15) is 10.1 Å². The maximum atomic E-state index is 10.9. The number of anilines is 1. The number of hydrogen-bond donors (Lipinski definition) is 0. The van der Waals surface area contributed by atoms with Gasteiger partial charge in [0.2, 0.25) is 11.1 Å². The molecule has 0 aliphatic carbocycles. The van der Waals surface area contributed by atoms with Gasteiger partial charge in [0, 0.05) is 12.4 Å². The van der Waals surface area contributed by atoms with E-state index in [0.717, 1.165) is 16.9 Å². The van der Waals surface area contributed by atoms with Crippen molar-refractivity contribution in [3.05, 3.63) is 37.7 Å². The lowest BCUT2D eigenvalue weighted by molar-refractivity contribution is -0.384. The fourth-order valence-corrected chi connectivity index (χ4v) is 2.29. The number of thiazole rings is 1. The first kappa shape index (κ1) is 13.6. The molecule has 0 fully saturated rings. The van der Waals surface area contributed by atoms with Crippen LogP contribution in [0.1, 0.15) is 10.7 Å². The highest BCUT2D eigenvalue weighted by Crippen LogP contribution is 2.26. The summed E-state index contributed by atoms with van der Waals surface area (Å²) in [5.41, 5.74) is 0.646. The summed E-state index contributed by atoms with van der Waals surface area (Å²) < 4.78 is 0. The first-order valence-corrected chi connectivity index (χ1v) is 6.52. The summed E-state index contributed by atoms with van der Waals surface area (Å²) in [7, 11) is 1.69. The minimum absolute atomic E-state index is 0.0260. The molecule has 9 heteroatoms. The number of aryl methyl sites for hydroxylation is 1. The van der Waals surface area contributed by atoms with Gasteiger partial charge in [-0.2, -0.15) is 4.98 Å². The Labute approximate surface area is 118 Å². The molecule has 0 aliphatic heterocycles. The number of halogens is 1. The van der Waals surface area contributed by atoms with Gasteiger partial charge in [0.25, 0.3) is 0 Å². The van der Waals surface area contributed by atoms with Crippen LogP contribution in [0.2, 0.25) is 5.28 Å². The topological polar surface area (TPSA) is 85.0 Å². The Morgan fingerprint density at radius 2 is 2.26 bits per heavy atom. The maximum absolute atomic E-state index is 10.9. The van der Waals surface area contributed by atoms with Crippen LogP contribution in [0.3, 0.4) is 0 Å². The van der Waals surface area contributed by atoms with Crippen molar-refractivity contribution in [1.29, 1.82) is 0 Å². The zero-order valence-electron chi connectivity index (χ0n) is 10.2. The van der Waals surface area contributed by atoms with Crippen LogP contribution in [0, 0.1) is 17.0 Å². The van der Waals surface area contributed by atoms with Crippen LogP contribution in [0.25, 0.3) is 0 Å². The van der Waals surface area contributed by atoms with E-state index in [1.165, 1.54) is 11.3 Å². The molecule has 0 saturated carbocycles. The predicted octanol–water partition coefficient (Wildman–Crippen LogP) is 2.44. The van der Waals surface area contributed by atoms with E-state index in [1.54, 1.807) is 11.9 Å². The molecule has 0 aliphatic rings. The average molecular weight is 300 g/mol. The van der Waals surface area contributed by atoms with Crippen molar-refractivity contribution in [1.82, 2.24) is 15.0 Å². The number of rotatable bonds is 4. The molecule has 0 unspecified atom stereocenters. The van der Waals surface area contributed by atoms with Crippen molar-refractivity contribution in [2.24, 2.45) is 0 Å². The van der Waals surface area contributed by atoms with Gasteiger partial charge in [-0.15, -0.1) is 11.3 Å². The molecule has 2 aromatic rings. The van der Waals surface area contributed by atoms with Crippen molar-refractivity contribution in [2.75, 3.05) is 11.9 Å². The van der Waals surface area contributed by atoms with E-state index in [0.29, 0.717) is 6.54 Å². The molecule has 2 heterocycles. The van der Waals surface area contributed by atoms with Gasteiger partial charge in [-0.25, -0.2) is 9.97 Å². The summed E-state index contributed by atoms with van der Waals surface area (Å²) >= 11 is 7.21. The highest BCUT2D eigenvalue weighted by molar-refractivity contribution is 7.09. The Morgan fingerprint density at radius 3 is 2.84 bits per heavy atom. The number of nitro groups is 1. The lowest BCUT2D eigenvalue weighted by Crippen LogP contribution is -2.19. The lowest BCUT2D eigenvalue weighted by Gasteiger charge is -2.16. The maximum Gasteiger partial charge on any atom is 0.329 e. The monoisotopic (exact) mass is 299 g/mol. The van der Waals surface area contributed by atoms with E-state index < -0.39 is 4.92 Å². The van der Waals surface area contributed by atoms with E-state index in [1.807, 2.05) is 12.3 Å². The molecule has 100 valence electrons. The predicted molar refractivity (Wildman–Crippen MR) is 72.7 cm³/mol. The Kier molecular flexibility index (Phi) is 3.91. The normalized spacial score (nSPS) is 10.5. The van der Waals surface area contributed by atoms with Crippen LogP contribution < -0.4 is 4.90 Å². The largest absolute Gasteiger partial charge is 0.348 e. The molecule has 0 spiro atoms. The number of aromatic nitrogens is 3. The van der Waals surface area contributed by atoms with Crippen molar-refractivity contribution < 1.29 is 4.92 Å². The summed E-state index contributed by atoms with van der Waals surface area (Å²) in [6.07, 6.45) is 1.10. The van der Waals surface area contributed by atoms with E-state index in [2.05, 4.69) is 15.0 Å². The molecule has 0 bridgehead atoms. The fourth-order valence-electron chi connectivity index (χ4n) is 1.55. The Hall–Kier alpha value is -1.80. The minimum Gasteiger partial charge on any atom is -0.348 e. The van der Waals surface area contributed by atoms with Crippen molar-refractivity contribution in [2.45, 2.75) is 13.5 Å². The molecular weight excluding hydrogens is 290 g/mol. The summed E-state index contributed by atoms with van der Waals surface area (Å²) in [5, 5.41) is 13.8. The zero-order chi connectivity index (χ0) is 14.0. The third-order valence-corrected chi connectivity index (χ3v) is 3.35. The lowest BCUT2D eigenvalue weighted by atomic mass is 10.4. The Balaban J connectivity index is 2.29. The van der Waals surface area contributed by atoms with Crippen LogP contribution >= 0.6 is 22.9 Å². The molecule has 0 amide bonds. The van der Waals surface area contributed by atoms with Gasteiger partial charge < -0.3 is 4.90 Å². The van der Waals surface area contributed by atoms with Gasteiger partial charge in [-0.3, -0.25) is 10.1 Å². The second-order valence-corrected chi connectivity index (χ2v) is 5.22. The molecule has 0 aromatic carbocycles. The quantitative estimate of drug-likeness (QED) is 0.490. The Bertz CT molecular complexity index is 618. The summed E-state index contributed by atoms with van der Waals surface area (Å²) in [5.74, 6) is 0.177. The highest BCUT2D eigenvalue weighted by Gasteiger charge is 2.21. The molecule has 0 N–H and O–H groups in total. The highest BCUT2D eigenvalue weighted by atomic mass is 35.5. The smallest absolute Gasteiger partial charge is 0.329 e. The van der Waals surface area contributed by atoms with Crippen molar-refractivity contribution in [3.8, 4) is 0 Å². The van der Waals surface area contributed by atoms with Gasteiger partial charge in [-0.1, -0.05) is 0 Å². The van der Waals surface area contributed by atoms with Crippen molar-refractivity contribution in [3.63, 3.8) is 0 Å². The third kappa shape index (κ3) is 3.15. The number of hydrogen-bond acceptors (Lipinski definition) is 7. The van der Waals surface area contributed by atoms with Crippen LogP contribution in [-0.4, -0.2) is 26.9 Å². The molecule has 2 aromatic heterocycles. The first-order valence-electron chi connectivity index (χ1n) is 5.26. The summed E-state index contributed by atoms with van der Waals surface area (Å²) in [6.45, 7) is 2.32. The molecular formula is C10H10ClN5O2S. The van der Waals surface area contributed by atoms with Gasteiger partial charge in [0.1, 0.15) is 6.20 Å². The SMILES string of the molecule is Cc1nc(CN(C)c2nc(Cl)ncc2[N+](=O)[O-])cs1. The van der Waals surface area contributed by atoms with Crippen LogP contribution in [-0.2, 0) is 6.54 Å². The standard InChI is InChI=1S/C10H10ClN5O2S/c1-6-13-7(5-19-6)4-15(2)9-8(16(17)18)3-12-10(11)14-9/h3,5H,4H2,1-2H3. The van der Waals surface area contributed by atoms with E-state index >= 15 is 0 Å². The molecule has 2 rings (SSSR count). The van der Waals surface area contributed by atoms with E-state index in [4.69, 9.17) is 11.6 Å². The van der Waals surface area contributed by atoms with Crippen molar-refractivity contribution >= 4 is 34.4 Å². The second-order valence-electron chi connectivity index (χ2n) is 3.82. The molecule has 7 nitrogen and oxygen atoms in total. The first-order chi connectivity index (χ1) is 8.97. The average Bonchev–Trinajstić information content (AvgIpc) is 2.74.